The predicted octanol–water partition coefficient (Wildman–Crippen LogP) is 3.52. The molecule has 0 saturated heterocycles. The first-order valence-electron chi connectivity index (χ1n) is 11.8. The number of rotatable bonds is 9. The number of benzene rings is 3. The SMILES string of the molecule is CCOc1ccc(NC(=O)C(Cc2ccccc2)NS(=O)(=O)c2ccc3c(c2)CCN3C(C)=O)cc1. The summed E-state index contributed by atoms with van der Waals surface area (Å²) in [6.45, 7) is 4.42. The molecular formula is C27H29N3O5S. The van der Waals surface area contributed by atoms with Gasteiger partial charge < -0.3 is 15.0 Å². The van der Waals surface area contributed by atoms with Gasteiger partial charge in [-0.25, -0.2) is 8.42 Å². The third-order valence-corrected chi connectivity index (χ3v) is 7.44. The van der Waals surface area contributed by atoms with Gasteiger partial charge in [0.25, 0.3) is 0 Å². The number of carbonyl (C=O) groups is 2. The Kier molecular flexibility index (Phi) is 7.71. The Hall–Kier alpha value is -3.69. The van der Waals surface area contributed by atoms with Crippen LogP contribution in [0, 0.1) is 0 Å². The van der Waals surface area contributed by atoms with Gasteiger partial charge in [0.2, 0.25) is 21.8 Å². The molecule has 3 aromatic carbocycles. The standard InChI is InChI=1S/C27H29N3O5S/c1-3-35-23-11-9-22(10-12-23)28-27(32)25(17-20-7-5-4-6-8-20)29-36(33,34)24-13-14-26-21(18-24)15-16-30(26)19(2)31/h4-14,18,25,29H,3,15-17H2,1-2H3,(H,28,32). The van der Waals surface area contributed by atoms with E-state index in [1.807, 2.05) is 37.3 Å². The van der Waals surface area contributed by atoms with Crippen LogP contribution >= 0.6 is 0 Å². The van der Waals surface area contributed by atoms with E-state index in [0.717, 1.165) is 16.8 Å². The smallest absolute Gasteiger partial charge is 0.242 e. The molecule has 1 atom stereocenters. The van der Waals surface area contributed by atoms with Gasteiger partial charge in [-0.3, -0.25) is 9.59 Å². The number of sulfonamides is 1. The molecule has 0 aliphatic carbocycles. The normalized spacial score (nSPS) is 13.7. The van der Waals surface area contributed by atoms with Crippen LogP contribution in [-0.4, -0.2) is 39.4 Å². The molecule has 2 amide bonds. The van der Waals surface area contributed by atoms with Crippen molar-refractivity contribution in [2.75, 3.05) is 23.4 Å². The lowest BCUT2D eigenvalue weighted by molar-refractivity contribution is -0.118. The number of nitrogens with zero attached hydrogens (tertiary/aromatic N) is 1. The zero-order chi connectivity index (χ0) is 25.7. The molecule has 8 nitrogen and oxygen atoms in total. The van der Waals surface area contributed by atoms with Crippen LogP contribution in [0.2, 0.25) is 0 Å². The lowest BCUT2D eigenvalue weighted by atomic mass is 10.1. The van der Waals surface area contributed by atoms with Crippen LogP contribution in [-0.2, 0) is 32.5 Å². The second-order valence-electron chi connectivity index (χ2n) is 8.52. The van der Waals surface area contributed by atoms with E-state index in [0.29, 0.717) is 31.0 Å². The van der Waals surface area contributed by atoms with Crippen molar-refractivity contribution in [3.05, 3.63) is 83.9 Å². The highest BCUT2D eigenvalue weighted by Crippen LogP contribution is 2.30. The van der Waals surface area contributed by atoms with Gasteiger partial charge in [-0.15, -0.1) is 0 Å². The highest BCUT2D eigenvalue weighted by atomic mass is 32.2. The van der Waals surface area contributed by atoms with Gasteiger partial charge in [0.1, 0.15) is 11.8 Å². The minimum Gasteiger partial charge on any atom is -0.494 e. The van der Waals surface area contributed by atoms with Crippen molar-refractivity contribution in [1.82, 2.24) is 4.72 Å². The van der Waals surface area contributed by atoms with E-state index in [2.05, 4.69) is 10.0 Å². The first-order chi connectivity index (χ1) is 17.3. The lowest BCUT2D eigenvalue weighted by Gasteiger charge is -2.20. The maximum atomic E-state index is 13.3. The maximum Gasteiger partial charge on any atom is 0.242 e. The van der Waals surface area contributed by atoms with Crippen molar-refractivity contribution in [1.29, 1.82) is 0 Å². The highest BCUT2D eigenvalue weighted by molar-refractivity contribution is 7.89. The summed E-state index contributed by atoms with van der Waals surface area (Å²) in [7, 11) is -4.02. The lowest BCUT2D eigenvalue weighted by Crippen LogP contribution is -2.45. The van der Waals surface area contributed by atoms with E-state index < -0.39 is 22.0 Å². The fourth-order valence-electron chi connectivity index (χ4n) is 4.20. The number of fused-ring (bicyclic) bond motifs is 1. The summed E-state index contributed by atoms with van der Waals surface area (Å²) in [4.78, 5) is 26.7. The number of hydrogen-bond donors (Lipinski definition) is 2. The summed E-state index contributed by atoms with van der Waals surface area (Å²) in [6, 6.07) is 19.8. The van der Waals surface area contributed by atoms with Gasteiger partial charge in [0.15, 0.2) is 0 Å². The Balaban J connectivity index is 1.56. The Morgan fingerprint density at radius 2 is 1.75 bits per heavy atom. The summed E-state index contributed by atoms with van der Waals surface area (Å²) < 4.78 is 34.7. The fraction of sp³-hybridized carbons (Fsp3) is 0.259. The molecule has 2 N–H and O–H groups in total. The van der Waals surface area contributed by atoms with Crippen LogP contribution in [0.4, 0.5) is 11.4 Å². The van der Waals surface area contributed by atoms with Crippen LogP contribution in [0.5, 0.6) is 5.75 Å². The monoisotopic (exact) mass is 507 g/mol. The second kappa shape index (κ2) is 10.9. The van der Waals surface area contributed by atoms with Gasteiger partial charge in [0, 0.05) is 24.8 Å². The molecule has 0 radical (unpaired) electrons. The molecule has 0 bridgehead atoms. The zero-order valence-corrected chi connectivity index (χ0v) is 21.0. The number of carbonyl (C=O) groups excluding carboxylic acids is 2. The maximum absolute atomic E-state index is 13.3. The fourth-order valence-corrected chi connectivity index (χ4v) is 5.44. The van der Waals surface area contributed by atoms with Gasteiger partial charge in [-0.05, 0) is 73.4 Å². The summed E-state index contributed by atoms with van der Waals surface area (Å²) in [5.74, 6) is 0.115. The molecular weight excluding hydrogens is 478 g/mol. The predicted molar refractivity (Wildman–Crippen MR) is 139 cm³/mol. The van der Waals surface area contributed by atoms with E-state index in [1.165, 1.54) is 13.0 Å². The summed E-state index contributed by atoms with van der Waals surface area (Å²) in [5.41, 5.74) is 2.85. The van der Waals surface area contributed by atoms with Gasteiger partial charge in [-0.2, -0.15) is 4.72 Å². The zero-order valence-electron chi connectivity index (χ0n) is 20.2. The molecule has 0 fully saturated rings. The number of amides is 2. The topological polar surface area (TPSA) is 105 Å². The largest absolute Gasteiger partial charge is 0.494 e. The van der Waals surface area contributed by atoms with E-state index in [4.69, 9.17) is 4.74 Å². The second-order valence-corrected chi connectivity index (χ2v) is 10.2. The van der Waals surface area contributed by atoms with Crippen molar-refractivity contribution in [3.63, 3.8) is 0 Å². The Labute approximate surface area is 211 Å². The minimum atomic E-state index is -4.02. The Morgan fingerprint density at radius 3 is 2.42 bits per heavy atom. The van der Waals surface area contributed by atoms with E-state index >= 15 is 0 Å². The first kappa shape index (κ1) is 25.4. The van der Waals surface area contributed by atoms with Crippen LogP contribution < -0.4 is 19.7 Å². The number of nitrogens with one attached hydrogen (secondary N) is 2. The average Bonchev–Trinajstić information content (AvgIpc) is 3.29. The molecule has 1 heterocycles. The van der Waals surface area contributed by atoms with Crippen LogP contribution in [0.3, 0.4) is 0 Å². The Morgan fingerprint density at radius 1 is 1.03 bits per heavy atom. The molecule has 0 spiro atoms. The third-order valence-electron chi connectivity index (χ3n) is 5.97. The molecule has 1 unspecified atom stereocenters. The molecule has 0 saturated carbocycles. The molecule has 3 aromatic rings. The highest BCUT2D eigenvalue weighted by Gasteiger charge is 2.29. The number of anilines is 2. The quantitative estimate of drug-likeness (QED) is 0.461. The van der Waals surface area contributed by atoms with E-state index in [1.54, 1.807) is 41.3 Å². The van der Waals surface area contributed by atoms with E-state index in [9.17, 15) is 18.0 Å². The van der Waals surface area contributed by atoms with Crippen molar-refractivity contribution in [2.24, 2.45) is 0 Å². The molecule has 0 aromatic heterocycles. The molecule has 9 heteroatoms. The molecule has 36 heavy (non-hydrogen) atoms. The minimum absolute atomic E-state index is 0.0542. The van der Waals surface area contributed by atoms with Crippen molar-refractivity contribution in [3.8, 4) is 5.75 Å². The van der Waals surface area contributed by atoms with Crippen molar-refractivity contribution >= 4 is 33.2 Å². The summed E-state index contributed by atoms with van der Waals surface area (Å²) in [5, 5.41) is 2.80. The van der Waals surface area contributed by atoms with Crippen molar-refractivity contribution in [2.45, 2.75) is 37.6 Å². The molecule has 188 valence electrons. The number of hydrogen-bond acceptors (Lipinski definition) is 5. The molecule has 4 rings (SSSR count). The molecule has 1 aliphatic heterocycles. The average molecular weight is 508 g/mol. The van der Waals surface area contributed by atoms with Gasteiger partial charge in [-0.1, -0.05) is 30.3 Å². The van der Waals surface area contributed by atoms with Gasteiger partial charge >= 0.3 is 0 Å². The summed E-state index contributed by atoms with van der Waals surface area (Å²) >= 11 is 0. The van der Waals surface area contributed by atoms with Crippen LogP contribution in [0.1, 0.15) is 25.0 Å². The third kappa shape index (κ3) is 5.92. The number of ether oxygens (including phenoxy) is 1. The Bertz CT molecular complexity index is 1340. The first-order valence-corrected chi connectivity index (χ1v) is 13.3. The van der Waals surface area contributed by atoms with Crippen LogP contribution in [0.25, 0.3) is 0 Å². The van der Waals surface area contributed by atoms with Crippen LogP contribution in [0.15, 0.2) is 77.7 Å². The summed E-state index contributed by atoms with van der Waals surface area (Å²) in [6.07, 6.45) is 0.746. The van der Waals surface area contributed by atoms with Crippen molar-refractivity contribution < 1.29 is 22.7 Å². The van der Waals surface area contributed by atoms with Gasteiger partial charge in [0.05, 0.1) is 11.5 Å². The molecule has 1 aliphatic rings. The van der Waals surface area contributed by atoms with E-state index in [-0.39, 0.29) is 17.2 Å².